The van der Waals surface area contributed by atoms with E-state index in [-0.39, 0.29) is 22.7 Å². The van der Waals surface area contributed by atoms with Gasteiger partial charge in [-0.25, -0.2) is 18.7 Å². The highest BCUT2D eigenvalue weighted by atomic mass is 35.5. The molecule has 0 N–H and O–H groups in total. The Kier molecular flexibility index (Phi) is 3.95. The summed E-state index contributed by atoms with van der Waals surface area (Å²) in [6.07, 6.45) is 1.24. The van der Waals surface area contributed by atoms with Crippen molar-refractivity contribution in [1.29, 1.82) is 0 Å². The average molecular weight is 285 g/mol. The van der Waals surface area contributed by atoms with Crippen molar-refractivity contribution in [2.75, 3.05) is 0 Å². The molecule has 0 aliphatic carbocycles. The highest BCUT2D eigenvalue weighted by Crippen LogP contribution is 2.32. The summed E-state index contributed by atoms with van der Waals surface area (Å²) in [5.74, 6) is -1.21. The molecule has 0 amide bonds. The average Bonchev–Trinajstić information content (AvgIpc) is 2.26. The van der Waals surface area contributed by atoms with Gasteiger partial charge in [0.1, 0.15) is 28.9 Å². The Morgan fingerprint density at radius 3 is 2.32 bits per heavy atom. The van der Waals surface area contributed by atoms with Crippen LogP contribution >= 0.6 is 11.6 Å². The molecule has 2 aromatic rings. The van der Waals surface area contributed by atoms with Crippen molar-refractivity contribution in [1.82, 2.24) is 9.97 Å². The third kappa shape index (κ3) is 3.17. The first kappa shape index (κ1) is 13.7. The molecule has 1 heterocycles. The monoisotopic (exact) mass is 284 g/mol. The number of nitrogens with zero attached hydrogens (tertiary/aromatic N) is 2. The van der Waals surface area contributed by atoms with Gasteiger partial charge < -0.3 is 4.74 Å². The van der Waals surface area contributed by atoms with Crippen LogP contribution in [0.25, 0.3) is 0 Å². The number of aromatic nitrogens is 2. The van der Waals surface area contributed by atoms with Crippen molar-refractivity contribution in [3.05, 3.63) is 46.9 Å². The fourth-order valence-electron chi connectivity index (χ4n) is 1.62. The van der Waals surface area contributed by atoms with Gasteiger partial charge in [0.05, 0.1) is 5.56 Å². The van der Waals surface area contributed by atoms with E-state index in [2.05, 4.69) is 9.97 Å². The molecule has 1 aromatic heterocycles. The first-order chi connectivity index (χ1) is 8.97. The van der Waals surface area contributed by atoms with E-state index in [1.807, 2.05) is 13.8 Å². The molecule has 2 rings (SSSR count). The minimum atomic E-state index is -0.721. The lowest BCUT2D eigenvalue weighted by atomic mass is 10.1. The second-order valence-electron chi connectivity index (χ2n) is 4.25. The lowest BCUT2D eigenvalue weighted by Gasteiger charge is -2.13. The fraction of sp³-hybridized carbons (Fsp3) is 0.231. The van der Waals surface area contributed by atoms with Gasteiger partial charge in [0.25, 0.3) is 0 Å². The Hall–Kier alpha value is -1.75. The van der Waals surface area contributed by atoms with Gasteiger partial charge in [-0.05, 0) is 5.92 Å². The summed E-state index contributed by atoms with van der Waals surface area (Å²) in [5.41, 5.74) is 0.592. The number of benzene rings is 1. The Bertz CT molecular complexity index is 585. The number of ether oxygens (including phenoxy) is 1. The van der Waals surface area contributed by atoms with Gasteiger partial charge in [-0.2, -0.15) is 0 Å². The van der Waals surface area contributed by atoms with E-state index in [4.69, 9.17) is 16.3 Å². The van der Waals surface area contributed by atoms with E-state index >= 15 is 0 Å². The fourth-order valence-corrected chi connectivity index (χ4v) is 1.97. The molecule has 19 heavy (non-hydrogen) atoms. The van der Waals surface area contributed by atoms with E-state index in [1.54, 1.807) is 0 Å². The van der Waals surface area contributed by atoms with Crippen LogP contribution in [0, 0.1) is 11.6 Å². The zero-order valence-electron chi connectivity index (χ0n) is 10.3. The van der Waals surface area contributed by atoms with Crippen molar-refractivity contribution in [2.45, 2.75) is 19.8 Å². The van der Waals surface area contributed by atoms with Crippen LogP contribution in [0.3, 0.4) is 0 Å². The van der Waals surface area contributed by atoms with Gasteiger partial charge in [-0.3, -0.25) is 0 Å². The first-order valence-corrected chi connectivity index (χ1v) is 5.99. The van der Waals surface area contributed by atoms with Crippen LogP contribution in [0.1, 0.15) is 25.3 Å². The van der Waals surface area contributed by atoms with E-state index in [1.165, 1.54) is 6.33 Å². The topological polar surface area (TPSA) is 35.0 Å². The van der Waals surface area contributed by atoms with Crippen molar-refractivity contribution >= 4 is 11.6 Å². The molecule has 0 bridgehead atoms. The summed E-state index contributed by atoms with van der Waals surface area (Å²) in [7, 11) is 0. The van der Waals surface area contributed by atoms with Gasteiger partial charge in [-0.1, -0.05) is 25.4 Å². The minimum absolute atomic E-state index is 0.0158. The van der Waals surface area contributed by atoms with Crippen LogP contribution in [0.5, 0.6) is 11.6 Å². The lowest BCUT2D eigenvalue weighted by Crippen LogP contribution is -2.00. The zero-order chi connectivity index (χ0) is 14.0. The molecule has 100 valence electrons. The maximum absolute atomic E-state index is 13.1. The van der Waals surface area contributed by atoms with Crippen molar-refractivity contribution in [2.24, 2.45) is 0 Å². The summed E-state index contributed by atoms with van der Waals surface area (Å²) in [6, 6.07) is 2.91. The van der Waals surface area contributed by atoms with Crippen LogP contribution in [0.2, 0.25) is 5.15 Å². The highest BCUT2D eigenvalue weighted by molar-refractivity contribution is 6.30. The second-order valence-corrected chi connectivity index (χ2v) is 4.60. The molecule has 1 aromatic carbocycles. The molecule has 0 atom stereocenters. The van der Waals surface area contributed by atoms with E-state index < -0.39 is 11.6 Å². The predicted molar refractivity (Wildman–Crippen MR) is 67.6 cm³/mol. The molecular formula is C13H11ClF2N2O. The standard InChI is InChI=1S/C13H11ClF2N2O/c1-7(2)11-12(14)17-6-18-13(11)19-10-4-8(15)3-9(16)5-10/h3-7H,1-2H3. The Morgan fingerprint density at radius 1 is 1.11 bits per heavy atom. The summed E-state index contributed by atoms with van der Waals surface area (Å²) in [4.78, 5) is 7.82. The maximum atomic E-state index is 13.1. The Labute approximate surface area is 114 Å². The third-order valence-corrected chi connectivity index (χ3v) is 2.73. The van der Waals surface area contributed by atoms with Crippen molar-refractivity contribution in [3.63, 3.8) is 0 Å². The number of halogens is 3. The zero-order valence-corrected chi connectivity index (χ0v) is 11.1. The molecule has 0 saturated heterocycles. The summed E-state index contributed by atoms with van der Waals surface area (Å²) in [5, 5.41) is 0.261. The smallest absolute Gasteiger partial charge is 0.227 e. The minimum Gasteiger partial charge on any atom is -0.438 e. The molecule has 0 radical (unpaired) electrons. The third-order valence-electron chi connectivity index (χ3n) is 2.43. The molecule has 0 spiro atoms. The van der Waals surface area contributed by atoms with E-state index in [9.17, 15) is 8.78 Å². The van der Waals surface area contributed by atoms with E-state index in [0.29, 0.717) is 5.56 Å². The van der Waals surface area contributed by atoms with Gasteiger partial charge in [0, 0.05) is 18.2 Å². The maximum Gasteiger partial charge on any atom is 0.227 e. The van der Waals surface area contributed by atoms with Crippen molar-refractivity contribution < 1.29 is 13.5 Å². The molecule has 0 aliphatic heterocycles. The second kappa shape index (κ2) is 5.48. The molecule has 0 saturated carbocycles. The van der Waals surface area contributed by atoms with Gasteiger partial charge >= 0.3 is 0 Å². The van der Waals surface area contributed by atoms with Gasteiger partial charge in [0.15, 0.2) is 0 Å². The lowest BCUT2D eigenvalue weighted by molar-refractivity contribution is 0.441. The Balaban J connectivity index is 2.40. The Morgan fingerprint density at radius 2 is 1.74 bits per heavy atom. The molecule has 0 fully saturated rings. The number of hydrogen-bond donors (Lipinski definition) is 0. The largest absolute Gasteiger partial charge is 0.438 e. The molecule has 0 unspecified atom stereocenters. The van der Waals surface area contributed by atoms with Crippen LogP contribution < -0.4 is 4.74 Å². The quantitative estimate of drug-likeness (QED) is 0.787. The summed E-state index contributed by atoms with van der Waals surface area (Å²) < 4.78 is 31.6. The predicted octanol–water partition coefficient (Wildman–Crippen LogP) is 4.32. The van der Waals surface area contributed by atoms with Crippen LogP contribution in [0.4, 0.5) is 8.78 Å². The normalized spacial score (nSPS) is 10.8. The highest BCUT2D eigenvalue weighted by Gasteiger charge is 2.16. The number of hydrogen-bond acceptors (Lipinski definition) is 3. The molecule has 0 aliphatic rings. The number of rotatable bonds is 3. The molecular weight excluding hydrogens is 274 g/mol. The van der Waals surface area contributed by atoms with Crippen LogP contribution in [-0.2, 0) is 0 Å². The van der Waals surface area contributed by atoms with Crippen LogP contribution in [0.15, 0.2) is 24.5 Å². The van der Waals surface area contributed by atoms with Crippen molar-refractivity contribution in [3.8, 4) is 11.6 Å². The SMILES string of the molecule is CC(C)c1c(Cl)ncnc1Oc1cc(F)cc(F)c1. The first-order valence-electron chi connectivity index (χ1n) is 5.61. The molecule has 3 nitrogen and oxygen atoms in total. The van der Waals surface area contributed by atoms with E-state index in [0.717, 1.165) is 18.2 Å². The van der Waals surface area contributed by atoms with Gasteiger partial charge in [-0.15, -0.1) is 0 Å². The summed E-state index contributed by atoms with van der Waals surface area (Å²) in [6.45, 7) is 3.78. The van der Waals surface area contributed by atoms with Crippen LogP contribution in [-0.4, -0.2) is 9.97 Å². The van der Waals surface area contributed by atoms with Gasteiger partial charge in [0.2, 0.25) is 5.88 Å². The summed E-state index contributed by atoms with van der Waals surface area (Å²) >= 11 is 5.97. The molecule has 6 heteroatoms.